The number of hydrogen-bond acceptors (Lipinski definition) is 7. The van der Waals surface area contributed by atoms with E-state index in [2.05, 4.69) is 5.32 Å². The SMILES string of the molecule is CCC(=O)c1ccc(OCC(=O)OCC(=O)Nc2sc3c(c2C(N)=O)CCCC3)cc1. The Kier molecular flexibility index (Phi) is 7.41. The number of fused-ring (bicyclic) bond motifs is 1. The fraction of sp³-hybridized carbons (Fsp3) is 0.364. The highest BCUT2D eigenvalue weighted by Crippen LogP contribution is 2.37. The number of carbonyl (C=O) groups excluding carboxylic acids is 4. The summed E-state index contributed by atoms with van der Waals surface area (Å²) in [5.41, 5.74) is 7.34. The molecule has 1 heterocycles. The summed E-state index contributed by atoms with van der Waals surface area (Å²) in [5.74, 6) is -1.43. The molecule has 0 radical (unpaired) electrons. The average Bonchev–Trinajstić information content (AvgIpc) is 3.14. The summed E-state index contributed by atoms with van der Waals surface area (Å²) >= 11 is 1.34. The summed E-state index contributed by atoms with van der Waals surface area (Å²) in [6.45, 7) is 0.890. The van der Waals surface area contributed by atoms with Crippen LogP contribution in [0.4, 0.5) is 5.00 Å². The largest absolute Gasteiger partial charge is 0.482 e. The number of amides is 2. The molecule has 1 aromatic heterocycles. The molecule has 0 spiro atoms. The van der Waals surface area contributed by atoms with Gasteiger partial charge in [-0.15, -0.1) is 11.3 Å². The van der Waals surface area contributed by atoms with Crippen LogP contribution < -0.4 is 15.8 Å². The van der Waals surface area contributed by atoms with Gasteiger partial charge in [-0.25, -0.2) is 4.79 Å². The predicted octanol–water partition coefficient (Wildman–Crippen LogP) is 2.88. The van der Waals surface area contributed by atoms with Crippen LogP contribution in [0.2, 0.25) is 0 Å². The van der Waals surface area contributed by atoms with E-state index < -0.39 is 24.4 Å². The lowest BCUT2D eigenvalue weighted by atomic mass is 9.95. The lowest BCUT2D eigenvalue weighted by molar-refractivity contribution is -0.149. The van der Waals surface area contributed by atoms with Crippen molar-refractivity contribution in [2.45, 2.75) is 39.0 Å². The van der Waals surface area contributed by atoms with Crippen LogP contribution in [-0.2, 0) is 27.2 Å². The number of carbonyl (C=O) groups is 4. The smallest absolute Gasteiger partial charge is 0.344 e. The number of primary amides is 1. The normalized spacial score (nSPS) is 12.5. The third-order valence-corrected chi connectivity index (χ3v) is 6.10. The van der Waals surface area contributed by atoms with Gasteiger partial charge in [-0.1, -0.05) is 6.92 Å². The van der Waals surface area contributed by atoms with Gasteiger partial charge in [0.05, 0.1) is 5.56 Å². The molecule has 0 saturated carbocycles. The molecule has 0 unspecified atom stereocenters. The molecule has 0 atom stereocenters. The molecule has 0 bridgehead atoms. The number of ether oxygens (including phenoxy) is 2. The number of thiophene rings is 1. The van der Waals surface area contributed by atoms with Crippen LogP contribution in [0, 0.1) is 0 Å². The average molecular weight is 445 g/mol. The summed E-state index contributed by atoms with van der Waals surface area (Å²) < 4.78 is 10.3. The molecule has 0 aliphatic heterocycles. The summed E-state index contributed by atoms with van der Waals surface area (Å²) in [5, 5.41) is 3.03. The Morgan fingerprint density at radius 3 is 2.45 bits per heavy atom. The number of aryl methyl sites for hydroxylation is 1. The second-order valence-corrected chi connectivity index (χ2v) is 8.18. The van der Waals surface area contributed by atoms with Crippen LogP contribution in [0.15, 0.2) is 24.3 Å². The summed E-state index contributed by atoms with van der Waals surface area (Å²) in [6, 6.07) is 6.42. The van der Waals surface area contributed by atoms with Crippen molar-refractivity contribution in [2.24, 2.45) is 5.73 Å². The number of Topliss-reactive ketones (excluding diaryl/α,β-unsaturated/α-hetero) is 1. The summed E-state index contributed by atoms with van der Waals surface area (Å²) in [6.07, 6.45) is 4.04. The predicted molar refractivity (Wildman–Crippen MR) is 116 cm³/mol. The topological polar surface area (TPSA) is 125 Å². The number of rotatable bonds is 9. The van der Waals surface area contributed by atoms with E-state index >= 15 is 0 Å². The molecule has 2 aromatic rings. The number of benzene rings is 1. The van der Waals surface area contributed by atoms with E-state index in [0.717, 1.165) is 36.1 Å². The Hall–Kier alpha value is -3.20. The fourth-order valence-electron chi connectivity index (χ4n) is 3.35. The highest BCUT2D eigenvalue weighted by atomic mass is 32.1. The molecular weight excluding hydrogens is 420 g/mol. The van der Waals surface area contributed by atoms with Gasteiger partial charge in [0.25, 0.3) is 11.8 Å². The van der Waals surface area contributed by atoms with Crippen molar-refractivity contribution in [1.82, 2.24) is 0 Å². The van der Waals surface area contributed by atoms with E-state index in [4.69, 9.17) is 15.2 Å². The zero-order valence-corrected chi connectivity index (χ0v) is 18.0. The molecule has 164 valence electrons. The van der Waals surface area contributed by atoms with Crippen LogP contribution in [-0.4, -0.2) is 36.8 Å². The van der Waals surface area contributed by atoms with E-state index in [0.29, 0.717) is 28.3 Å². The maximum Gasteiger partial charge on any atom is 0.344 e. The maximum absolute atomic E-state index is 12.2. The van der Waals surface area contributed by atoms with Gasteiger partial charge in [0.15, 0.2) is 19.0 Å². The van der Waals surface area contributed by atoms with Gasteiger partial charge in [0, 0.05) is 16.9 Å². The molecule has 0 saturated heterocycles. The van der Waals surface area contributed by atoms with Gasteiger partial charge in [0.2, 0.25) is 0 Å². The van der Waals surface area contributed by atoms with Crippen LogP contribution in [0.5, 0.6) is 5.75 Å². The van der Waals surface area contributed by atoms with Gasteiger partial charge in [-0.3, -0.25) is 14.4 Å². The van der Waals surface area contributed by atoms with E-state index in [1.807, 2.05) is 0 Å². The van der Waals surface area contributed by atoms with Gasteiger partial charge in [0.1, 0.15) is 10.8 Å². The molecule has 3 N–H and O–H groups in total. The highest BCUT2D eigenvalue weighted by Gasteiger charge is 2.25. The first kappa shape index (κ1) is 22.5. The number of anilines is 1. The summed E-state index contributed by atoms with van der Waals surface area (Å²) in [4.78, 5) is 48.6. The van der Waals surface area contributed by atoms with E-state index in [9.17, 15) is 19.2 Å². The van der Waals surface area contributed by atoms with Crippen molar-refractivity contribution in [3.63, 3.8) is 0 Å². The molecule has 0 fully saturated rings. The zero-order chi connectivity index (χ0) is 22.4. The number of ketones is 1. The standard InChI is InChI=1S/C22H24N2O6S/c1-2-16(25)13-7-9-14(10-8-13)29-12-19(27)30-11-18(26)24-22-20(21(23)28)15-5-3-4-6-17(15)31-22/h7-10H,2-6,11-12H2,1H3,(H2,23,28)(H,24,26). The zero-order valence-electron chi connectivity index (χ0n) is 17.2. The molecule has 1 aromatic carbocycles. The van der Waals surface area contributed by atoms with Gasteiger partial charge in [-0.05, 0) is 55.5 Å². The Labute approximate surface area is 183 Å². The number of esters is 1. The first-order valence-electron chi connectivity index (χ1n) is 10.0. The van der Waals surface area contributed by atoms with E-state index in [1.54, 1.807) is 31.2 Å². The molecule has 9 heteroatoms. The third kappa shape index (κ3) is 5.69. The molecular formula is C22H24N2O6S. The maximum atomic E-state index is 12.2. The van der Waals surface area contributed by atoms with Crippen molar-refractivity contribution < 1.29 is 28.7 Å². The van der Waals surface area contributed by atoms with E-state index in [-0.39, 0.29) is 12.4 Å². The number of hydrogen-bond donors (Lipinski definition) is 2. The number of nitrogens with two attached hydrogens (primary N) is 1. The Bertz CT molecular complexity index is 996. The molecule has 1 aliphatic rings. The van der Waals surface area contributed by atoms with Gasteiger partial charge in [-0.2, -0.15) is 0 Å². The monoisotopic (exact) mass is 444 g/mol. The van der Waals surface area contributed by atoms with Crippen molar-refractivity contribution in [3.8, 4) is 5.75 Å². The Morgan fingerprint density at radius 1 is 1.06 bits per heavy atom. The van der Waals surface area contributed by atoms with Crippen molar-refractivity contribution in [3.05, 3.63) is 45.8 Å². The van der Waals surface area contributed by atoms with Crippen LogP contribution >= 0.6 is 11.3 Å². The summed E-state index contributed by atoms with van der Waals surface area (Å²) in [7, 11) is 0. The lowest BCUT2D eigenvalue weighted by Gasteiger charge is -2.11. The minimum absolute atomic E-state index is 0.0167. The third-order valence-electron chi connectivity index (χ3n) is 4.89. The minimum atomic E-state index is -0.718. The Balaban J connectivity index is 1.49. The van der Waals surface area contributed by atoms with Crippen molar-refractivity contribution in [1.29, 1.82) is 0 Å². The second kappa shape index (κ2) is 10.2. The molecule has 1 aliphatic carbocycles. The second-order valence-electron chi connectivity index (χ2n) is 7.08. The first-order chi connectivity index (χ1) is 14.9. The van der Waals surface area contributed by atoms with Crippen molar-refractivity contribution >= 4 is 39.9 Å². The van der Waals surface area contributed by atoms with E-state index in [1.165, 1.54) is 11.3 Å². The molecule has 31 heavy (non-hydrogen) atoms. The van der Waals surface area contributed by atoms with Crippen LogP contribution in [0.1, 0.15) is 57.3 Å². The molecule has 2 amide bonds. The molecule has 3 rings (SSSR count). The van der Waals surface area contributed by atoms with Crippen LogP contribution in [0.25, 0.3) is 0 Å². The fourth-order valence-corrected chi connectivity index (χ4v) is 4.66. The molecule has 8 nitrogen and oxygen atoms in total. The van der Waals surface area contributed by atoms with Crippen molar-refractivity contribution in [2.75, 3.05) is 18.5 Å². The lowest BCUT2D eigenvalue weighted by Crippen LogP contribution is -2.24. The van der Waals surface area contributed by atoms with Gasteiger partial charge < -0.3 is 20.5 Å². The number of nitrogens with one attached hydrogen (secondary N) is 1. The minimum Gasteiger partial charge on any atom is -0.482 e. The van der Waals surface area contributed by atoms with Crippen LogP contribution in [0.3, 0.4) is 0 Å². The highest BCUT2D eigenvalue weighted by molar-refractivity contribution is 7.17. The first-order valence-corrected chi connectivity index (χ1v) is 10.9. The quantitative estimate of drug-likeness (QED) is 0.453. The Morgan fingerprint density at radius 2 is 1.77 bits per heavy atom. The van der Waals surface area contributed by atoms with Gasteiger partial charge >= 0.3 is 5.97 Å².